The van der Waals surface area contributed by atoms with Crippen LogP contribution in [0.25, 0.3) is 44.8 Å². The molecule has 2 fully saturated rings. The molecule has 2 aliphatic heterocycles. The van der Waals surface area contributed by atoms with Crippen LogP contribution in [0.15, 0.2) is 66.9 Å². The van der Waals surface area contributed by atoms with E-state index in [1.807, 2.05) is 41.2 Å². The number of morpholine rings is 1. The molecule has 14 heteroatoms. The summed E-state index contributed by atoms with van der Waals surface area (Å²) in [6, 6.07) is 20.5. The van der Waals surface area contributed by atoms with Gasteiger partial charge >= 0.3 is 0 Å². The minimum absolute atomic E-state index is 0.0219. The van der Waals surface area contributed by atoms with Crippen molar-refractivity contribution in [3.63, 3.8) is 0 Å². The van der Waals surface area contributed by atoms with Crippen molar-refractivity contribution in [2.75, 3.05) is 77.6 Å². The first kappa shape index (κ1) is 34.8. The number of amides is 1. The van der Waals surface area contributed by atoms with E-state index in [1.54, 1.807) is 0 Å². The van der Waals surface area contributed by atoms with E-state index in [0.29, 0.717) is 32.5 Å². The van der Waals surface area contributed by atoms with Crippen LogP contribution in [-0.2, 0) is 22.6 Å². The SMILES string of the molecule is CN1CCN(c2ccc3nc(-c4ccc5nc(-c6cccc(OCCCC(=O)NCCCn7cc(CN8CCOCC8)nn7)c6)[nH]c5c4)[nH]c3c2)CC1. The minimum Gasteiger partial charge on any atom is -0.494 e. The number of imidazole rings is 2. The van der Waals surface area contributed by atoms with E-state index in [1.165, 1.54) is 5.69 Å². The third-order valence-corrected chi connectivity index (χ3v) is 9.98. The molecule has 5 heterocycles. The van der Waals surface area contributed by atoms with E-state index < -0.39 is 0 Å². The van der Waals surface area contributed by atoms with E-state index >= 15 is 0 Å². The van der Waals surface area contributed by atoms with Crippen molar-refractivity contribution >= 4 is 33.7 Å². The molecule has 14 nitrogen and oxygen atoms in total. The molecular formula is C39H47N11O3. The first-order valence-corrected chi connectivity index (χ1v) is 18.6. The van der Waals surface area contributed by atoms with Gasteiger partial charge in [-0.05, 0) is 68.4 Å². The van der Waals surface area contributed by atoms with Crippen LogP contribution in [0.2, 0.25) is 0 Å². The molecule has 1 amide bonds. The molecule has 53 heavy (non-hydrogen) atoms. The van der Waals surface area contributed by atoms with Crippen LogP contribution in [0.3, 0.4) is 0 Å². The number of carbonyl (C=O) groups is 1. The number of hydrogen-bond donors (Lipinski definition) is 3. The number of aromatic nitrogens is 7. The summed E-state index contributed by atoms with van der Waals surface area (Å²) in [6.45, 7) is 10.1. The van der Waals surface area contributed by atoms with Crippen molar-refractivity contribution in [1.82, 2.24) is 50.0 Å². The lowest BCUT2D eigenvalue weighted by molar-refractivity contribution is -0.121. The first-order valence-electron chi connectivity index (χ1n) is 18.6. The fraction of sp³-hybridized carbons (Fsp3) is 0.410. The van der Waals surface area contributed by atoms with E-state index in [-0.39, 0.29) is 5.91 Å². The lowest BCUT2D eigenvalue weighted by atomic mass is 10.2. The smallest absolute Gasteiger partial charge is 0.220 e. The van der Waals surface area contributed by atoms with Gasteiger partial charge in [0.05, 0.1) is 47.6 Å². The second kappa shape index (κ2) is 16.1. The molecule has 3 aromatic heterocycles. The Labute approximate surface area is 308 Å². The molecule has 0 radical (unpaired) electrons. The van der Waals surface area contributed by atoms with E-state index in [2.05, 4.69) is 77.7 Å². The van der Waals surface area contributed by atoms with Gasteiger partial charge in [-0.25, -0.2) is 9.97 Å². The number of H-pyrrole nitrogens is 2. The summed E-state index contributed by atoms with van der Waals surface area (Å²) in [7, 11) is 2.17. The lowest BCUT2D eigenvalue weighted by Gasteiger charge is -2.34. The Kier molecular flexibility index (Phi) is 10.6. The third kappa shape index (κ3) is 8.67. The summed E-state index contributed by atoms with van der Waals surface area (Å²) >= 11 is 0. The number of nitrogens with zero attached hydrogens (tertiary/aromatic N) is 8. The number of aryl methyl sites for hydroxylation is 1. The Morgan fingerprint density at radius 3 is 2.43 bits per heavy atom. The normalized spacial score (nSPS) is 15.8. The number of rotatable bonds is 14. The number of aromatic amines is 2. The largest absolute Gasteiger partial charge is 0.494 e. The topological polar surface area (TPSA) is 145 Å². The number of carbonyl (C=O) groups excluding carboxylic acids is 1. The van der Waals surface area contributed by atoms with Crippen LogP contribution in [0, 0.1) is 0 Å². The van der Waals surface area contributed by atoms with Crippen LogP contribution >= 0.6 is 0 Å². The predicted molar refractivity (Wildman–Crippen MR) is 205 cm³/mol. The van der Waals surface area contributed by atoms with Crippen molar-refractivity contribution in [2.24, 2.45) is 0 Å². The molecule has 0 spiro atoms. The van der Waals surface area contributed by atoms with E-state index in [4.69, 9.17) is 19.4 Å². The highest BCUT2D eigenvalue weighted by atomic mass is 16.5. The van der Waals surface area contributed by atoms with Gasteiger partial charge in [0.25, 0.3) is 0 Å². The fourth-order valence-electron chi connectivity index (χ4n) is 6.91. The van der Waals surface area contributed by atoms with Gasteiger partial charge in [-0.1, -0.05) is 17.3 Å². The number of likely N-dealkylation sites (N-methyl/N-ethyl adjacent to an activating group) is 1. The van der Waals surface area contributed by atoms with Crippen molar-refractivity contribution < 1.29 is 14.3 Å². The molecule has 2 aliphatic rings. The van der Waals surface area contributed by atoms with Crippen LogP contribution < -0.4 is 15.0 Å². The summed E-state index contributed by atoms with van der Waals surface area (Å²) < 4.78 is 13.3. The summed E-state index contributed by atoms with van der Waals surface area (Å²) in [5, 5.41) is 11.5. The zero-order valence-corrected chi connectivity index (χ0v) is 30.3. The molecule has 3 aromatic carbocycles. The van der Waals surface area contributed by atoms with Gasteiger partial charge in [0, 0.05) is 88.3 Å². The third-order valence-electron chi connectivity index (χ3n) is 9.98. The fourth-order valence-corrected chi connectivity index (χ4v) is 6.91. The van der Waals surface area contributed by atoms with Gasteiger partial charge in [0.2, 0.25) is 5.91 Å². The number of hydrogen-bond acceptors (Lipinski definition) is 10. The van der Waals surface area contributed by atoms with Crippen molar-refractivity contribution in [3.05, 3.63) is 72.6 Å². The van der Waals surface area contributed by atoms with Crippen molar-refractivity contribution in [2.45, 2.75) is 32.4 Å². The summed E-state index contributed by atoms with van der Waals surface area (Å²) in [5.74, 6) is 2.36. The second-order valence-corrected chi connectivity index (χ2v) is 13.9. The van der Waals surface area contributed by atoms with Gasteiger partial charge in [-0.2, -0.15) is 0 Å². The zero-order valence-electron chi connectivity index (χ0n) is 30.3. The lowest BCUT2D eigenvalue weighted by Crippen LogP contribution is -2.44. The Morgan fingerprint density at radius 2 is 1.62 bits per heavy atom. The van der Waals surface area contributed by atoms with Gasteiger partial charge in [0.15, 0.2) is 0 Å². The minimum atomic E-state index is 0.0219. The van der Waals surface area contributed by atoms with Crippen LogP contribution in [0.1, 0.15) is 25.0 Å². The molecule has 0 aliphatic carbocycles. The molecular weight excluding hydrogens is 671 g/mol. The number of nitrogens with one attached hydrogen (secondary N) is 3. The molecule has 2 saturated heterocycles. The summed E-state index contributed by atoms with van der Waals surface area (Å²) in [6.07, 6.45) is 3.80. The summed E-state index contributed by atoms with van der Waals surface area (Å²) in [5.41, 5.74) is 7.91. The predicted octanol–water partition coefficient (Wildman–Crippen LogP) is 4.31. The molecule has 6 aromatic rings. The highest BCUT2D eigenvalue weighted by Gasteiger charge is 2.17. The average molecular weight is 718 g/mol. The standard InChI is InChI=1S/C39H47N11O3/c1-47-14-16-49(17-15-47)31-9-11-34-36(25-31)44-39(42-34)29-8-10-33-35(24-29)43-38(41-33)28-5-2-6-32(23-28)53-20-3-7-37(51)40-12-4-13-50-27-30(45-46-50)26-48-18-21-52-22-19-48/h2,5-6,8-11,23-25,27H,3-4,7,12-22,26H2,1H3,(H,40,51)(H,41,43)(H,42,44). The van der Waals surface area contributed by atoms with Gasteiger partial charge in [0.1, 0.15) is 17.4 Å². The van der Waals surface area contributed by atoms with Crippen LogP contribution in [0.5, 0.6) is 5.75 Å². The molecule has 0 saturated carbocycles. The molecule has 8 rings (SSSR count). The number of ether oxygens (including phenoxy) is 2. The zero-order chi connectivity index (χ0) is 36.0. The molecule has 3 N–H and O–H groups in total. The number of fused-ring (bicyclic) bond motifs is 2. The first-order chi connectivity index (χ1) is 26.0. The Balaban J connectivity index is 0.797. The maximum Gasteiger partial charge on any atom is 0.220 e. The van der Waals surface area contributed by atoms with Crippen molar-refractivity contribution in [1.29, 1.82) is 0 Å². The van der Waals surface area contributed by atoms with E-state index in [0.717, 1.165) is 122 Å². The quantitative estimate of drug-likeness (QED) is 0.139. The van der Waals surface area contributed by atoms with Crippen LogP contribution in [0.4, 0.5) is 5.69 Å². The summed E-state index contributed by atoms with van der Waals surface area (Å²) in [4.78, 5) is 36.3. The monoisotopic (exact) mass is 717 g/mol. The Morgan fingerprint density at radius 1 is 0.868 bits per heavy atom. The maximum absolute atomic E-state index is 12.4. The second-order valence-electron chi connectivity index (χ2n) is 13.9. The Hall–Kier alpha value is -5.31. The van der Waals surface area contributed by atoms with Gasteiger partial charge in [-0.3, -0.25) is 14.4 Å². The number of anilines is 1. The molecule has 276 valence electrons. The average Bonchev–Trinajstić information content (AvgIpc) is 3.94. The van der Waals surface area contributed by atoms with E-state index in [9.17, 15) is 4.79 Å². The van der Waals surface area contributed by atoms with Gasteiger partial charge < -0.3 is 34.6 Å². The highest BCUT2D eigenvalue weighted by molar-refractivity contribution is 5.87. The van der Waals surface area contributed by atoms with Crippen LogP contribution in [-0.4, -0.2) is 123 Å². The van der Waals surface area contributed by atoms with Crippen molar-refractivity contribution in [3.8, 4) is 28.5 Å². The molecule has 0 unspecified atom stereocenters. The highest BCUT2D eigenvalue weighted by Crippen LogP contribution is 2.29. The Bertz CT molecular complexity index is 2140. The van der Waals surface area contributed by atoms with Gasteiger partial charge in [-0.15, -0.1) is 5.10 Å². The molecule has 0 bridgehead atoms. The number of piperazine rings is 1. The number of benzene rings is 3. The maximum atomic E-state index is 12.4. The molecule has 0 atom stereocenters.